The summed E-state index contributed by atoms with van der Waals surface area (Å²) < 4.78 is 29.7. The quantitative estimate of drug-likeness (QED) is 0.0479. The van der Waals surface area contributed by atoms with Crippen LogP contribution in [-0.4, -0.2) is 96.3 Å². The van der Waals surface area contributed by atoms with Gasteiger partial charge in [-0.3, -0.25) is 29.4 Å². The van der Waals surface area contributed by atoms with Gasteiger partial charge in [-0.2, -0.15) is 0 Å². The molecule has 4 N–H and O–H groups in total. The van der Waals surface area contributed by atoms with E-state index in [9.17, 15) is 20.0 Å². The number of methoxy groups -OCH3 is 2. The van der Waals surface area contributed by atoms with Gasteiger partial charge in [0.2, 0.25) is 11.8 Å². The van der Waals surface area contributed by atoms with Crippen molar-refractivity contribution in [2.75, 3.05) is 45.4 Å². The van der Waals surface area contributed by atoms with Gasteiger partial charge >= 0.3 is 18.1 Å². The number of rotatable bonds is 13. The van der Waals surface area contributed by atoms with Gasteiger partial charge in [-0.1, -0.05) is 84.6 Å². The molecule has 4 aliphatic rings. The molecule has 2 fully saturated rings. The Bertz CT molecular complexity index is 3330. The van der Waals surface area contributed by atoms with Crippen molar-refractivity contribution in [1.29, 1.82) is 0 Å². The molecule has 6 atom stereocenters. The Labute approximate surface area is 442 Å². The zero-order valence-electron chi connectivity index (χ0n) is 41.8. The Kier molecular flexibility index (Phi) is 14.3. The maximum Gasteiger partial charge on any atom is 0.421 e. The largest absolute Gasteiger partial charge is 0.493 e. The highest BCUT2D eigenvalue weighted by Crippen LogP contribution is 2.66. The fourth-order valence-corrected chi connectivity index (χ4v) is 11.3. The molecular formula is C58H52N6O13. The van der Waals surface area contributed by atoms with E-state index in [0.717, 1.165) is 16.0 Å². The first-order chi connectivity index (χ1) is 37.4. The number of fused-ring (bicyclic) bond motifs is 4. The number of non-ortho nitro benzene ring substituents is 1. The number of hydrogen-bond donors (Lipinski definition) is 3. The number of amides is 5. The van der Waals surface area contributed by atoms with E-state index >= 15 is 19.2 Å². The molecule has 4 heterocycles. The van der Waals surface area contributed by atoms with Crippen molar-refractivity contribution < 1.29 is 57.7 Å². The molecule has 392 valence electrons. The molecule has 6 aromatic carbocycles. The number of nitrogens with one attached hydrogen (secondary N) is 1. The highest BCUT2D eigenvalue weighted by atomic mass is 16.6. The lowest BCUT2D eigenvalue weighted by Gasteiger charge is -2.46. The second kappa shape index (κ2) is 21.5. The molecule has 4 aliphatic heterocycles. The van der Waals surface area contributed by atoms with Crippen LogP contribution in [0.2, 0.25) is 0 Å². The van der Waals surface area contributed by atoms with Gasteiger partial charge in [-0.25, -0.2) is 14.5 Å². The van der Waals surface area contributed by atoms with E-state index in [4.69, 9.17) is 29.4 Å². The van der Waals surface area contributed by atoms with E-state index in [2.05, 4.69) is 17.2 Å². The normalized spacial score (nSPS) is 21.2. The summed E-state index contributed by atoms with van der Waals surface area (Å²) in [6, 6.07) is 34.7. The number of benzene rings is 6. The van der Waals surface area contributed by atoms with Crippen molar-refractivity contribution in [2.24, 2.45) is 11.7 Å². The molecule has 2 saturated heterocycles. The number of esters is 1. The minimum Gasteiger partial charge on any atom is -0.493 e. The van der Waals surface area contributed by atoms with Gasteiger partial charge in [0.15, 0.2) is 11.5 Å². The summed E-state index contributed by atoms with van der Waals surface area (Å²) in [5.41, 5.74) is 7.33. The number of urea groups is 1. The van der Waals surface area contributed by atoms with E-state index in [1.54, 1.807) is 47.4 Å². The van der Waals surface area contributed by atoms with Crippen LogP contribution in [0.1, 0.15) is 62.7 Å². The first kappa shape index (κ1) is 51.2. The topological polar surface area (TPSA) is 243 Å². The molecule has 0 aromatic heterocycles. The van der Waals surface area contributed by atoms with Crippen LogP contribution in [0.25, 0.3) is 0 Å². The van der Waals surface area contributed by atoms with Crippen molar-refractivity contribution in [1.82, 2.24) is 15.1 Å². The maximum absolute atomic E-state index is 16.8. The number of morpholine rings is 1. The third-order valence-electron chi connectivity index (χ3n) is 14.6. The summed E-state index contributed by atoms with van der Waals surface area (Å²) in [4.78, 5) is 91.1. The number of hydrogen-bond acceptors (Lipinski definition) is 14. The van der Waals surface area contributed by atoms with Crippen LogP contribution in [0, 0.1) is 27.9 Å². The number of ether oxygens (including phenoxy) is 5. The smallest absolute Gasteiger partial charge is 0.421 e. The van der Waals surface area contributed by atoms with Crippen LogP contribution < -0.4 is 30.2 Å². The molecule has 19 heteroatoms. The van der Waals surface area contributed by atoms with Gasteiger partial charge < -0.3 is 44.7 Å². The fourth-order valence-electron chi connectivity index (χ4n) is 11.3. The van der Waals surface area contributed by atoms with E-state index in [1.165, 1.54) is 44.6 Å². The van der Waals surface area contributed by atoms with Gasteiger partial charge in [0.25, 0.3) is 5.69 Å². The van der Waals surface area contributed by atoms with Gasteiger partial charge in [0, 0.05) is 30.8 Å². The van der Waals surface area contributed by atoms with Crippen LogP contribution >= 0.6 is 0 Å². The van der Waals surface area contributed by atoms with Crippen molar-refractivity contribution in [3.8, 4) is 29.1 Å². The molecule has 0 saturated carbocycles. The predicted molar refractivity (Wildman–Crippen MR) is 277 cm³/mol. The molecular weight excluding hydrogens is 989 g/mol. The molecule has 0 radical (unpaired) electrons. The van der Waals surface area contributed by atoms with E-state index in [-0.39, 0.29) is 49.8 Å². The van der Waals surface area contributed by atoms with Crippen LogP contribution in [-0.2, 0) is 48.8 Å². The van der Waals surface area contributed by atoms with Crippen molar-refractivity contribution in [3.63, 3.8) is 0 Å². The number of imide groups is 1. The van der Waals surface area contributed by atoms with Gasteiger partial charge in [0.05, 0.1) is 56.0 Å². The number of cyclic esters (lactones) is 1. The highest BCUT2D eigenvalue weighted by Gasteiger charge is 2.76. The average Bonchev–Trinajstić information content (AvgIpc) is 4.15. The lowest BCUT2D eigenvalue weighted by Crippen LogP contribution is -2.57. The zero-order chi connectivity index (χ0) is 54.0. The number of carbonyl (C=O) groups excluding carboxylic acids is 5. The van der Waals surface area contributed by atoms with E-state index in [1.807, 2.05) is 71.6 Å². The Morgan fingerprint density at radius 3 is 2.17 bits per heavy atom. The molecule has 10 rings (SSSR count). The summed E-state index contributed by atoms with van der Waals surface area (Å²) in [6.45, 7) is -0.622. The lowest BCUT2D eigenvalue weighted by atomic mass is 9.64. The number of primary amides is 1. The molecule has 77 heavy (non-hydrogen) atoms. The summed E-state index contributed by atoms with van der Waals surface area (Å²) in [5, 5.41) is 23.6. The number of aliphatic hydroxyl groups is 1. The summed E-state index contributed by atoms with van der Waals surface area (Å²) in [7, 11) is 3.05. The van der Waals surface area contributed by atoms with Crippen LogP contribution in [0.15, 0.2) is 140 Å². The maximum atomic E-state index is 16.8. The molecule has 0 unspecified atom stereocenters. The SMILES string of the molecule is COc1cc2c(cc1OC)CN(C(=O)[C@H]1[C@@H]3C(=O)O[C@@H](c4ccccc4)[C@@H](c4ccccc4)N3[C@@H](c3ccc(OCCO)cc3)[C@]13C(=O)N(C(=O)OCc1ccc([N+](=O)[O-])cc1)c1ccc(C#CCNC(N)=O)cc13)CC2. The molecule has 19 nitrogen and oxygen atoms in total. The van der Waals surface area contributed by atoms with Gasteiger partial charge in [-0.15, -0.1) is 0 Å². The lowest BCUT2D eigenvalue weighted by molar-refractivity contribution is -0.384. The number of nitrogens with zero attached hydrogens (tertiary/aromatic N) is 4. The Morgan fingerprint density at radius 2 is 1.52 bits per heavy atom. The minimum atomic E-state index is -2.18. The number of nitro benzene ring substituents is 1. The van der Waals surface area contributed by atoms with Gasteiger partial charge in [0.1, 0.15) is 36.5 Å². The van der Waals surface area contributed by atoms with Crippen molar-refractivity contribution in [3.05, 3.63) is 194 Å². The summed E-state index contributed by atoms with van der Waals surface area (Å²) in [5.74, 6) is 3.35. The number of anilines is 1. The zero-order valence-corrected chi connectivity index (χ0v) is 41.8. The Balaban J connectivity index is 1.23. The number of nitro groups is 1. The minimum absolute atomic E-state index is 0.0165. The molecule has 0 bridgehead atoms. The Hall–Kier alpha value is -9.25. The second-order valence-electron chi connectivity index (χ2n) is 18.8. The van der Waals surface area contributed by atoms with E-state index < -0.39 is 77.0 Å². The van der Waals surface area contributed by atoms with Crippen LogP contribution in [0.4, 0.5) is 21.0 Å². The Morgan fingerprint density at radius 1 is 0.844 bits per heavy atom. The standard InChI is InChI=1S/C58H52N6O13/c1-73-46-31-40-25-27-61(33-41(40)32-47(46)74-2)53(66)48-50-54(67)77-51(38-13-7-4-8-14-38)49(37-11-5-3-6-12-37)63(50)52(39-18-22-43(23-19-39)75-29-28-65)58(48)44-30-35(10-9-26-60-56(59)69)17-24-45(44)62(55(58)68)57(70)76-34-36-15-20-42(21-16-36)64(71)72/h3-8,11-24,30-32,48-52,65H,25-29,33-34H2,1-2H3,(H3,59,60,69)/t48-,49-,50-,51+,52+,58-/m1/s1. The first-order valence-electron chi connectivity index (χ1n) is 24.7. The fraction of sp³-hybridized carbons (Fsp3) is 0.259. The first-order valence-corrected chi connectivity index (χ1v) is 24.7. The molecule has 0 aliphatic carbocycles. The van der Waals surface area contributed by atoms with Crippen molar-refractivity contribution in [2.45, 2.75) is 49.2 Å². The molecule has 1 spiro atoms. The summed E-state index contributed by atoms with van der Waals surface area (Å²) >= 11 is 0. The average molecular weight is 1040 g/mol. The number of nitrogens with two attached hydrogens (primary N) is 1. The second-order valence-corrected chi connectivity index (χ2v) is 18.8. The van der Waals surface area contributed by atoms with Crippen LogP contribution in [0.3, 0.4) is 0 Å². The van der Waals surface area contributed by atoms with E-state index in [0.29, 0.717) is 51.5 Å². The molecule has 6 aromatic rings. The number of aliphatic hydroxyl groups excluding tert-OH is 1. The third-order valence-corrected chi connectivity index (χ3v) is 14.6. The number of carbonyl (C=O) groups is 5. The monoisotopic (exact) mass is 1040 g/mol. The summed E-state index contributed by atoms with van der Waals surface area (Å²) in [6.07, 6.45) is -1.76. The van der Waals surface area contributed by atoms with Gasteiger partial charge in [-0.05, 0) is 100.0 Å². The highest BCUT2D eigenvalue weighted by molar-refractivity contribution is 6.23. The molecule has 5 amide bonds. The van der Waals surface area contributed by atoms with Crippen LogP contribution in [0.5, 0.6) is 17.2 Å². The predicted octanol–water partition coefficient (Wildman–Crippen LogP) is 6.59. The third kappa shape index (κ3) is 9.38. The van der Waals surface area contributed by atoms with Crippen molar-refractivity contribution >= 4 is 41.3 Å².